The van der Waals surface area contributed by atoms with Crippen molar-refractivity contribution in [3.8, 4) is 11.1 Å². The molecule has 1 aliphatic heterocycles. The zero-order valence-electron chi connectivity index (χ0n) is 12.3. The smallest absolute Gasteiger partial charge is 0.417 e. The maximum absolute atomic E-state index is 14.4. The number of nitrogens with zero attached hydrogens (tertiary/aromatic N) is 1. The van der Waals surface area contributed by atoms with Gasteiger partial charge in [0, 0.05) is 16.1 Å². The highest BCUT2D eigenvalue weighted by Gasteiger charge is 2.34. The molecular weight excluding hydrogens is 364 g/mol. The summed E-state index contributed by atoms with van der Waals surface area (Å²) >= 11 is 5.63. The molecule has 2 aromatic rings. The number of amides is 1. The molecule has 25 heavy (non-hydrogen) atoms. The first-order chi connectivity index (χ1) is 11.8. The van der Waals surface area contributed by atoms with Crippen LogP contribution >= 0.6 is 11.6 Å². The molecule has 2 aromatic carbocycles. The summed E-state index contributed by atoms with van der Waals surface area (Å²) in [7, 11) is 0. The summed E-state index contributed by atoms with van der Waals surface area (Å²) in [5.74, 6) is -1.39. The first kappa shape index (κ1) is 17.2. The van der Waals surface area contributed by atoms with Crippen LogP contribution in [0.2, 0.25) is 5.02 Å². The number of nitrogens with one attached hydrogen (secondary N) is 1. The average molecular weight is 373 g/mol. The van der Waals surface area contributed by atoms with E-state index in [9.17, 15) is 22.4 Å². The summed E-state index contributed by atoms with van der Waals surface area (Å²) in [6.45, 7) is -0.280. The Morgan fingerprint density at radius 2 is 1.84 bits per heavy atom. The monoisotopic (exact) mass is 372 g/mol. The second-order valence-corrected chi connectivity index (χ2v) is 5.56. The van der Waals surface area contributed by atoms with Gasteiger partial charge in [-0.15, -0.1) is 5.10 Å². The van der Waals surface area contributed by atoms with Gasteiger partial charge in [0.05, 0.1) is 5.56 Å². The van der Waals surface area contributed by atoms with Crippen molar-refractivity contribution < 1.29 is 27.1 Å². The summed E-state index contributed by atoms with van der Waals surface area (Å²) in [6.07, 6.45) is -4.69. The van der Waals surface area contributed by atoms with Crippen LogP contribution in [0, 0.1) is 5.82 Å². The van der Waals surface area contributed by atoms with Gasteiger partial charge in [-0.1, -0.05) is 23.7 Å². The van der Waals surface area contributed by atoms with Crippen LogP contribution in [0.1, 0.15) is 11.1 Å². The Balaban J connectivity index is 2.04. The third-order valence-electron chi connectivity index (χ3n) is 3.42. The lowest BCUT2D eigenvalue weighted by Crippen LogP contribution is -2.32. The van der Waals surface area contributed by atoms with Crippen molar-refractivity contribution in [2.24, 2.45) is 5.10 Å². The predicted octanol–water partition coefficient (Wildman–Crippen LogP) is 3.97. The molecule has 0 saturated heterocycles. The van der Waals surface area contributed by atoms with E-state index in [0.29, 0.717) is 0 Å². The maximum Gasteiger partial charge on any atom is 0.417 e. The second-order valence-electron chi connectivity index (χ2n) is 5.12. The Bertz CT molecular complexity index is 881. The molecule has 0 unspecified atom stereocenters. The van der Waals surface area contributed by atoms with Crippen molar-refractivity contribution in [1.82, 2.24) is 5.43 Å². The van der Waals surface area contributed by atoms with Gasteiger partial charge in [-0.3, -0.25) is 4.79 Å². The fourth-order valence-electron chi connectivity index (χ4n) is 2.31. The topological polar surface area (TPSA) is 50.7 Å². The standard InChI is InChI=1S/C16H9ClF4N2O2/c17-9-2-4-10(12(6-9)16(19,20)21)11-3-1-8(5-13(11)18)15-23-22-14(24)7-25-15/h1-6H,7H2,(H,22,24). The van der Waals surface area contributed by atoms with Crippen LogP contribution < -0.4 is 5.43 Å². The SMILES string of the molecule is O=C1COC(c2ccc(-c3ccc(Cl)cc3C(F)(F)F)c(F)c2)=NN1. The molecule has 9 heteroatoms. The highest BCUT2D eigenvalue weighted by Crippen LogP contribution is 2.39. The van der Waals surface area contributed by atoms with Gasteiger partial charge >= 0.3 is 6.18 Å². The van der Waals surface area contributed by atoms with E-state index in [4.69, 9.17) is 16.3 Å². The molecule has 1 amide bonds. The minimum Gasteiger partial charge on any atom is -0.466 e. The largest absolute Gasteiger partial charge is 0.466 e. The second kappa shape index (κ2) is 6.36. The Hall–Kier alpha value is -2.61. The highest BCUT2D eigenvalue weighted by atomic mass is 35.5. The molecule has 4 nitrogen and oxygen atoms in total. The number of benzene rings is 2. The fourth-order valence-corrected chi connectivity index (χ4v) is 2.48. The van der Waals surface area contributed by atoms with Gasteiger partial charge < -0.3 is 4.74 Å². The lowest BCUT2D eigenvalue weighted by molar-refractivity contribution is -0.137. The van der Waals surface area contributed by atoms with E-state index in [1.165, 1.54) is 18.2 Å². The molecule has 0 atom stereocenters. The molecule has 0 fully saturated rings. The van der Waals surface area contributed by atoms with Crippen LogP contribution in [0.15, 0.2) is 41.5 Å². The van der Waals surface area contributed by atoms with E-state index in [2.05, 4.69) is 10.5 Å². The molecule has 0 aliphatic carbocycles. The number of hydrogen-bond acceptors (Lipinski definition) is 3. The van der Waals surface area contributed by atoms with Gasteiger partial charge in [-0.25, -0.2) is 9.82 Å². The molecule has 0 spiro atoms. The van der Waals surface area contributed by atoms with Gasteiger partial charge in [-0.2, -0.15) is 13.2 Å². The maximum atomic E-state index is 14.4. The molecule has 0 aromatic heterocycles. The number of rotatable bonds is 2. The van der Waals surface area contributed by atoms with Crippen molar-refractivity contribution in [2.45, 2.75) is 6.18 Å². The lowest BCUT2D eigenvalue weighted by Gasteiger charge is -2.16. The van der Waals surface area contributed by atoms with Gasteiger partial charge in [0.15, 0.2) is 6.61 Å². The van der Waals surface area contributed by atoms with Gasteiger partial charge in [0.25, 0.3) is 5.91 Å². The van der Waals surface area contributed by atoms with Crippen molar-refractivity contribution in [1.29, 1.82) is 0 Å². The van der Waals surface area contributed by atoms with E-state index in [-0.39, 0.29) is 34.2 Å². The van der Waals surface area contributed by atoms with Crippen LogP contribution in [0.25, 0.3) is 11.1 Å². The van der Waals surface area contributed by atoms with Crippen molar-refractivity contribution in [3.63, 3.8) is 0 Å². The zero-order chi connectivity index (χ0) is 18.2. The van der Waals surface area contributed by atoms with Crippen LogP contribution in [0.5, 0.6) is 0 Å². The van der Waals surface area contributed by atoms with Crippen molar-refractivity contribution in [3.05, 3.63) is 58.4 Å². The molecule has 0 bridgehead atoms. The normalized spacial score (nSPS) is 14.6. The summed E-state index contributed by atoms with van der Waals surface area (Å²) in [4.78, 5) is 11.0. The summed E-state index contributed by atoms with van der Waals surface area (Å²) < 4.78 is 59.1. The minimum absolute atomic E-state index is 0.0304. The number of ether oxygens (including phenoxy) is 1. The van der Waals surface area contributed by atoms with E-state index in [1.54, 1.807) is 0 Å². The summed E-state index contributed by atoms with van der Waals surface area (Å²) in [5.41, 5.74) is 0.742. The number of carbonyl (C=O) groups is 1. The molecule has 0 radical (unpaired) electrons. The van der Waals surface area contributed by atoms with E-state index in [0.717, 1.165) is 18.2 Å². The minimum atomic E-state index is -4.69. The number of alkyl halides is 3. The molecule has 130 valence electrons. The number of carbonyl (C=O) groups excluding carboxylic acids is 1. The Morgan fingerprint density at radius 1 is 1.12 bits per heavy atom. The van der Waals surface area contributed by atoms with Crippen LogP contribution in [0.4, 0.5) is 17.6 Å². The van der Waals surface area contributed by atoms with Crippen LogP contribution in [-0.2, 0) is 15.7 Å². The first-order valence-corrected chi connectivity index (χ1v) is 7.30. The third-order valence-corrected chi connectivity index (χ3v) is 3.65. The molecule has 1 aliphatic rings. The van der Waals surface area contributed by atoms with Gasteiger partial charge in [0.1, 0.15) is 5.82 Å². The molecule has 1 N–H and O–H groups in total. The van der Waals surface area contributed by atoms with Gasteiger partial charge in [-0.05, 0) is 29.8 Å². The molecule has 0 saturated carbocycles. The Kier molecular flexibility index (Phi) is 4.38. The average Bonchev–Trinajstić information content (AvgIpc) is 2.55. The lowest BCUT2D eigenvalue weighted by atomic mass is 9.97. The van der Waals surface area contributed by atoms with Crippen molar-refractivity contribution >= 4 is 23.4 Å². The molecule has 1 heterocycles. The Morgan fingerprint density at radius 3 is 2.44 bits per heavy atom. The predicted molar refractivity (Wildman–Crippen MR) is 82.5 cm³/mol. The van der Waals surface area contributed by atoms with E-state index < -0.39 is 23.5 Å². The summed E-state index contributed by atoms with van der Waals surface area (Å²) in [6, 6.07) is 6.63. The van der Waals surface area contributed by atoms with Gasteiger partial charge in [0.2, 0.25) is 5.90 Å². The summed E-state index contributed by atoms with van der Waals surface area (Å²) in [5, 5.41) is 3.52. The number of hydrazone groups is 1. The Labute approximate surface area is 144 Å². The molecular formula is C16H9ClF4N2O2. The van der Waals surface area contributed by atoms with Crippen LogP contribution in [0.3, 0.4) is 0 Å². The first-order valence-electron chi connectivity index (χ1n) is 6.92. The van der Waals surface area contributed by atoms with E-state index in [1.807, 2.05) is 0 Å². The molecule has 3 rings (SSSR count). The quantitative estimate of drug-likeness (QED) is 0.811. The zero-order valence-corrected chi connectivity index (χ0v) is 13.1. The van der Waals surface area contributed by atoms with Crippen molar-refractivity contribution in [2.75, 3.05) is 6.61 Å². The highest BCUT2D eigenvalue weighted by molar-refractivity contribution is 6.30. The third kappa shape index (κ3) is 3.58. The fraction of sp³-hybridized carbons (Fsp3) is 0.125. The number of hydrogen-bond donors (Lipinski definition) is 1. The van der Waals surface area contributed by atoms with E-state index >= 15 is 0 Å². The number of halogens is 5. The van der Waals surface area contributed by atoms with Crippen LogP contribution in [-0.4, -0.2) is 18.4 Å².